The summed E-state index contributed by atoms with van der Waals surface area (Å²) in [7, 11) is 0. The Labute approximate surface area is 115 Å². The average molecular weight is 264 g/mol. The van der Waals surface area contributed by atoms with E-state index >= 15 is 0 Å². The minimum atomic E-state index is -0.200. The SMILES string of the molecule is CC(C)COCCNC(=O)C(C)c1cccc(N)c1. The number of anilines is 1. The van der Waals surface area contributed by atoms with Crippen LogP contribution < -0.4 is 11.1 Å². The molecule has 1 amide bonds. The molecule has 1 rings (SSSR count). The second kappa shape index (κ2) is 7.79. The standard InChI is InChI=1S/C15H24N2O2/c1-11(2)10-19-8-7-17-15(18)12(3)13-5-4-6-14(16)9-13/h4-6,9,11-12H,7-8,10,16H2,1-3H3,(H,17,18). The van der Waals surface area contributed by atoms with Gasteiger partial charge in [-0.1, -0.05) is 26.0 Å². The number of carbonyl (C=O) groups excluding carboxylic acids is 1. The molecule has 0 radical (unpaired) electrons. The second-order valence-electron chi connectivity index (χ2n) is 5.15. The number of benzene rings is 1. The molecule has 1 aromatic carbocycles. The molecule has 4 nitrogen and oxygen atoms in total. The normalized spacial score (nSPS) is 12.4. The predicted octanol–water partition coefficient (Wildman–Crippen LogP) is 2.16. The first-order valence-electron chi connectivity index (χ1n) is 6.71. The number of amides is 1. The molecule has 0 heterocycles. The molecule has 0 aromatic heterocycles. The highest BCUT2D eigenvalue weighted by atomic mass is 16.5. The summed E-state index contributed by atoms with van der Waals surface area (Å²) in [6.45, 7) is 7.88. The van der Waals surface area contributed by atoms with Gasteiger partial charge in [0.05, 0.1) is 12.5 Å². The van der Waals surface area contributed by atoms with Crippen molar-refractivity contribution in [3.8, 4) is 0 Å². The zero-order valence-corrected chi connectivity index (χ0v) is 12.0. The van der Waals surface area contributed by atoms with Crippen LogP contribution >= 0.6 is 0 Å². The van der Waals surface area contributed by atoms with Crippen molar-refractivity contribution in [2.75, 3.05) is 25.5 Å². The molecule has 0 saturated carbocycles. The topological polar surface area (TPSA) is 64.3 Å². The van der Waals surface area contributed by atoms with Crippen molar-refractivity contribution in [2.24, 2.45) is 5.92 Å². The van der Waals surface area contributed by atoms with Crippen LogP contribution in [0.15, 0.2) is 24.3 Å². The number of nitrogens with one attached hydrogen (secondary N) is 1. The highest BCUT2D eigenvalue weighted by Crippen LogP contribution is 2.17. The first kappa shape index (κ1) is 15.5. The van der Waals surface area contributed by atoms with E-state index in [0.717, 1.165) is 12.2 Å². The molecular formula is C15H24N2O2. The van der Waals surface area contributed by atoms with Gasteiger partial charge in [0, 0.05) is 18.8 Å². The van der Waals surface area contributed by atoms with E-state index < -0.39 is 0 Å². The van der Waals surface area contributed by atoms with Gasteiger partial charge in [0.25, 0.3) is 0 Å². The summed E-state index contributed by atoms with van der Waals surface area (Å²) < 4.78 is 5.42. The Kier molecular flexibility index (Phi) is 6.36. The summed E-state index contributed by atoms with van der Waals surface area (Å²) in [5.74, 6) is 0.314. The summed E-state index contributed by atoms with van der Waals surface area (Å²) in [5.41, 5.74) is 7.32. The number of hydrogen-bond acceptors (Lipinski definition) is 3. The number of nitrogen functional groups attached to an aromatic ring is 1. The zero-order valence-electron chi connectivity index (χ0n) is 12.0. The van der Waals surface area contributed by atoms with Gasteiger partial charge in [-0.15, -0.1) is 0 Å². The van der Waals surface area contributed by atoms with Crippen molar-refractivity contribution in [3.05, 3.63) is 29.8 Å². The van der Waals surface area contributed by atoms with Crippen LogP contribution in [0.5, 0.6) is 0 Å². The van der Waals surface area contributed by atoms with Gasteiger partial charge in [-0.2, -0.15) is 0 Å². The Morgan fingerprint density at radius 2 is 2.11 bits per heavy atom. The Morgan fingerprint density at radius 1 is 1.37 bits per heavy atom. The molecule has 0 aliphatic heterocycles. The van der Waals surface area contributed by atoms with Gasteiger partial charge in [0.1, 0.15) is 0 Å². The quantitative estimate of drug-likeness (QED) is 0.586. The predicted molar refractivity (Wildman–Crippen MR) is 77.9 cm³/mol. The minimum absolute atomic E-state index is 0.00116. The third-order valence-electron chi connectivity index (χ3n) is 2.80. The van der Waals surface area contributed by atoms with E-state index in [1.807, 2.05) is 31.2 Å². The lowest BCUT2D eigenvalue weighted by atomic mass is 10.00. The fourth-order valence-corrected chi connectivity index (χ4v) is 1.70. The van der Waals surface area contributed by atoms with Crippen LogP contribution in [0.25, 0.3) is 0 Å². The molecule has 0 fully saturated rings. The smallest absolute Gasteiger partial charge is 0.227 e. The van der Waals surface area contributed by atoms with Crippen LogP contribution in [0.2, 0.25) is 0 Å². The Hall–Kier alpha value is -1.55. The van der Waals surface area contributed by atoms with Crippen LogP contribution in [0.4, 0.5) is 5.69 Å². The Morgan fingerprint density at radius 3 is 2.74 bits per heavy atom. The van der Waals surface area contributed by atoms with Gasteiger partial charge in [-0.05, 0) is 30.5 Å². The highest BCUT2D eigenvalue weighted by molar-refractivity contribution is 5.83. The number of rotatable bonds is 7. The van der Waals surface area contributed by atoms with Gasteiger partial charge >= 0.3 is 0 Å². The molecule has 1 aromatic rings. The maximum absolute atomic E-state index is 11.9. The maximum atomic E-state index is 11.9. The van der Waals surface area contributed by atoms with Crippen molar-refractivity contribution >= 4 is 11.6 Å². The molecule has 19 heavy (non-hydrogen) atoms. The molecule has 0 bridgehead atoms. The number of carbonyl (C=O) groups is 1. The summed E-state index contributed by atoms with van der Waals surface area (Å²) in [4.78, 5) is 11.9. The molecule has 1 unspecified atom stereocenters. The lowest BCUT2D eigenvalue weighted by molar-refractivity contribution is -0.122. The molecular weight excluding hydrogens is 240 g/mol. The van der Waals surface area contributed by atoms with E-state index in [1.165, 1.54) is 0 Å². The van der Waals surface area contributed by atoms with Crippen LogP contribution in [0.3, 0.4) is 0 Å². The van der Waals surface area contributed by atoms with Gasteiger partial charge < -0.3 is 15.8 Å². The van der Waals surface area contributed by atoms with Crippen LogP contribution in [0, 0.1) is 5.92 Å². The van der Waals surface area contributed by atoms with Crippen molar-refractivity contribution in [1.29, 1.82) is 0 Å². The fraction of sp³-hybridized carbons (Fsp3) is 0.533. The monoisotopic (exact) mass is 264 g/mol. The molecule has 0 aliphatic rings. The molecule has 0 spiro atoms. The lowest BCUT2D eigenvalue weighted by Crippen LogP contribution is -2.31. The van der Waals surface area contributed by atoms with Gasteiger partial charge in [0.2, 0.25) is 5.91 Å². The molecule has 0 saturated heterocycles. The first-order chi connectivity index (χ1) is 9.00. The van der Waals surface area contributed by atoms with Crippen molar-refractivity contribution in [2.45, 2.75) is 26.7 Å². The minimum Gasteiger partial charge on any atom is -0.399 e. The van der Waals surface area contributed by atoms with Crippen molar-refractivity contribution < 1.29 is 9.53 Å². The van der Waals surface area contributed by atoms with E-state index in [4.69, 9.17) is 10.5 Å². The second-order valence-corrected chi connectivity index (χ2v) is 5.15. The van der Waals surface area contributed by atoms with Crippen LogP contribution in [-0.2, 0) is 9.53 Å². The van der Waals surface area contributed by atoms with Crippen molar-refractivity contribution in [3.63, 3.8) is 0 Å². The largest absolute Gasteiger partial charge is 0.399 e. The summed E-state index contributed by atoms with van der Waals surface area (Å²) in [6, 6.07) is 7.42. The fourth-order valence-electron chi connectivity index (χ4n) is 1.70. The van der Waals surface area contributed by atoms with E-state index in [2.05, 4.69) is 19.2 Å². The van der Waals surface area contributed by atoms with E-state index in [9.17, 15) is 4.79 Å². The van der Waals surface area contributed by atoms with E-state index in [-0.39, 0.29) is 11.8 Å². The zero-order chi connectivity index (χ0) is 14.3. The molecule has 3 N–H and O–H groups in total. The Bertz CT molecular complexity index is 405. The number of ether oxygens (including phenoxy) is 1. The molecule has 1 atom stereocenters. The number of nitrogens with two attached hydrogens (primary N) is 1. The van der Waals surface area contributed by atoms with Gasteiger partial charge in [0.15, 0.2) is 0 Å². The van der Waals surface area contributed by atoms with Gasteiger partial charge in [-0.3, -0.25) is 4.79 Å². The van der Waals surface area contributed by atoms with Crippen molar-refractivity contribution in [1.82, 2.24) is 5.32 Å². The molecule has 106 valence electrons. The Balaban J connectivity index is 2.33. The molecule has 4 heteroatoms. The van der Waals surface area contributed by atoms with E-state index in [1.54, 1.807) is 0 Å². The maximum Gasteiger partial charge on any atom is 0.227 e. The van der Waals surface area contributed by atoms with Crippen LogP contribution in [0.1, 0.15) is 32.3 Å². The molecule has 0 aliphatic carbocycles. The third kappa shape index (κ3) is 5.75. The average Bonchev–Trinajstić information content (AvgIpc) is 2.36. The third-order valence-corrected chi connectivity index (χ3v) is 2.80. The number of hydrogen-bond donors (Lipinski definition) is 2. The van der Waals surface area contributed by atoms with Gasteiger partial charge in [-0.25, -0.2) is 0 Å². The highest BCUT2D eigenvalue weighted by Gasteiger charge is 2.14. The van der Waals surface area contributed by atoms with E-state index in [0.29, 0.717) is 24.8 Å². The summed E-state index contributed by atoms with van der Waals surface area (Å²) in [5, 5.41) is 2.87. The first-order valence-corrected chi connectivity index (χ1v) is 6.71. The van der Waals surface area contributed by atoms with Crippen LogP contribution in [-0.4, -0.2) is 25.7 Å². The lowest BCUT2D eigenvalue weighted by Gasteiger charge is -2.13. The summed E-state index contributed by atoms with van der Waals surface area (Å²) >= 11 is 0. The summed E-state index contributed by atoms with van der Waals surface area (Å²) in [6.07, 6.45) is 0.